The molecule has 11 heteroatoms. The van der Waals surface area contributed by atoms with Crippen molar-refractivity contribution in [2.75, 3.05) is 0 Å². The average molecular weight is 515 g/mol. The van der Waals surface area contributed by atoms with E-state index in [-0.39, 0.29) is 23.9 Å². The fourth-order valence-corrected chi connectivity index (χ4v) is 4.89. The minimum Gasteiger partial charge on any atom is -0.474 e. The minimum absolute atomic E-state index is 0.134. The third-order valence-electron chi connectivity index (χ3n) is 6.70. The maximum absolute atomic E-state index is 13.0. The van der Waals surface area contributed by atoms with Crippen LogP contribution in [0.5, 0.6) is 23.3 Å². The highest BCUT2D eigenvalue weighted by molar-refractivity contribution is 5.72. The smallest absolute Gasteiger partial charge is 0.416 e. The maximum atomic E-state index is 13.0. The van der Waals surface area contributed by atoms with E-state index in [2.05, 4.69) is 15.0 Å². The Hall–Kier alpha value is -3.89. The lowest BCUT2D eigenvalue weighted by molar-refractivity contribution is -0.137. The van der Waals surface area contributed by atoms with Crippen molar-refractivity contribution < 1.29 is 32.2 Å². The normalized spacial score (nSPS) is 21.0. The molecule has 1 aromatic carbocycles. The summed E-state index contributed by atoms with van der Waals surface area (Å²) in [6.45, 7) is 3.65. The van der Waals surface area contributed by atoms with Gasteiger partial charge in [0, 0.05) is 31.1 Å². The molecule has 5 rings (SSSR count). The quantitative estimate of drug-likeness (QED) is 0.421. The molecule has 0 radical (unpaired) electrons. The van der Waals surface area contributed by atoms with Crippen molar-refractivity contribution >= 4 is 6.09 Å². The van der Waals surface area contributed by atoms with Crippen LogP contribution >= 0.6 is 0 Å². The molecule has 2 aliphatic heterocycles. The molecule has 2 bridgehead atoms. The van der Waals surface area contributed by atoms with Crippen molar-refractivity contribution in [3.63, 3.8) is 0 Å². The van der Waals surface area contributed by atoms with Gasteiger partial charge in [-0.2, -0.15) is 13.2 Å². The van der Waals surface area contributed by atoms with Crippen LogP contribution in [0.1, 0.15) is 42.5 Å². The van der Waals surface area contributed by atoms with E-state index in [0.717, 1.165) is 30.7 Å². The van der Waals surface area contributed by atoms with E-state index in [0.29, 0.717) is 35.9 Å². The third kappa shape index (κ3) is 5.30. The van der Waals surface area contributed by atoms with Crippen LogP contribution in [-0.4, -0.2) is 44.1 Å². The summed E-state index contributed by atoms with van der Waals surface area (Å²) in [5.41, 5.74) is 0.503. The SMILES string of the molecule is Cc1ncccc1Oc1ncnc(OC2CC3CCC(C2)N3C(=O)Oc2cccc(C(F)(F)F)c2)c1C. The molecule has 2 fully saturated rings. The van der Waals surface area contributed by atoms with Gasteiger partial charge in [0.1, 0.15) is 18.2 Å². The number of benzene rings is 1. The predicted octanol–water partition coefficient (Wildman–Crippen LogP) is 5.87. The number of pyridine rings is 1. The first-order valence-electron chi connectivity index (χ1n) is 11.9. The Bertz CT molecular complexity index is 1290. The second-order valence-corrected chi connectivity index (χ2v) is 9.20. The lowest BCUT2D eigenvalue weighted by Gasteiger charge is -2.37. The number of aryl methyl sites for hydroxylation is 1. The number of alkyl halides is 3. The standard InChI is InChI=1S/C26H25F3N4O4/c1-15-23(31-14-32-24(15)37-22-7-4-10-30-16(22)2)35-21-12-18-8-9-19(13-21)33(18)25(34)36-20-6-3-5-17(11-20)26(27,28)29/h3-7,10-11,14,18-19,21H,8-9,12-13H2,1-2H3. The fraction of sp³-hybridized carbons (Fsp3) is 0.385. The zero-order valence-electron chi connectivity index (χ0n) is 20.2. The Morgan fingerprint density at radius 2 is 1.73 bits per heavy atom. The number of nitrogens with zero attached hydrogens (tertiary/aromatic N) is 4. The van der Waals surface area contributed by atoms with Gasteiger partial charge in [0.2, 0.25) is 11.8 Å². The van der Waals surface area contributed by atoms with Gasteiger partial charge in [-0.25, -0.2) is 14.8 Å². The molecule has 1 amide bonds. The summed E-state index contributed by atoms with van der Waals surface area (Å²) in [4.78, 5) is 27.2. The molecule has 2 aliphatic rings. The predicted molar refractivity (Wildman–Crippen MR) is 126 cm³/mol. The van der Waals surface area contributed by atoms with Gasteiger partial charge >= 0.3 is 12.3 Å². The summed E-state index contributed by atoms with van der Waals surface area (Å²) in [5.74, 6) is 1.22. The topological polar surface area (TPSA) is 86.7 Å². The van der Waals surface area contributed by atoms with Crippen LogP contribution < -0.4 is 14.2 Å². The Morgan fingerprint density at radius 1 is 1.00 bits per heavy atom. The van der Waals surface area contributed by atoms with Crippen LogP contribution in [0.2, 0.25) is 0 Å². The number of carbonyl (C=O) groups is 1. The summed E-state index contributed by atoms with van der Waals surface area (Å²) in [6.07, 6.45) is 0.323. The molecule has 4 heterocycles. The average Bonchev–Trinajstić information content (AvgIpc) is 3.13. The summed E-state index contributed by atoms with van der Waals surface area (Å²) in [6, 6.07) is 7.63. The highest BCUT2D eigenvalue weighted by Crippen LogP contribution is 2.39. The number of carbonyl (C=O) groups excluding carboxylic acids is 1. The molecule has 2 unspecified atom stereocenters. The van der Waals surface area contributed by atoms with Crippen LogP contribution in [0.15, 0.2) is 48.9 Å². The molecule has 0 N–H and O–H groups in total. The first-order chi connectivity index (χ1) is 17.7. The Labute approximate surface area is 211 Å². The molecule has 37 heavy (non-hydrogen) atoms. The number of hydrogen-bond acceptors (Lipinski definition) is 7. The van der Waals surface area contributed by atoms with Crippen molar-refractivity contribution in [2.45, 2.75) is 63.9 Å². The van der Waals surface area contributed by atoms with Crippen molar-refractivity contribution in [3.05, 3.63) is 65.7 Å². The van der Waals surface area contributed by atoms with Crippen LogP contribution in [0.25, 0.3) is 0 Å². The van der Waals surface area contributed by atoms with E-state index in [1.54, 1.807) is 23.2 Å². The van der Waals surface area contributed by atoms with E-state index < -0.39 is 17.8 Å². The van der Waals surface area contributed by atoms with E-state index in [9.17, 15) is 18.0 Å². The summed E-state index contributed by atoms with van der Waals surface area (Å²) in [5, 5.41) is 0. The summed E-state index contributed by atoms with van der Waals surface area (Å²) in [7, 11) is 0. The maximum Gasteiger partial charge on any atom is 0.416 e. The van der Waals surface area contributed by atoms with Gasteiger partial charge < -0.3 is 19.1 Å². The lowest BCUT2D eigenvalue weighted by atomic mass is 10.0. The third-order valence-corrected chi connectivity index (χ3v) is 6.70. The number of hydrogen-bond donors (Lipinski definition) is 0. The van der Waals surface area contributed by atoms with Crippen molar-refractivity contribution in [1.82, 2.24) is 19.9 Å². The van der Waals surface area contributed by atoms with Crippen LogP contribution in [-0.2, 0) is 6.18 Å². The lowest BCUT2D eigenvalue weighted by Crippen LogP contribution is -2.50. The zero-order valence-corrected chi connectivity index (χ0v) is 20.2. The molecule has 0 aliphatic carbocycles. The molecule has 194 valence electrons. The number of aromatic nitrogens is 3. The zero-order chi connectivity index (χ0) is 26.2. The minimum atomic E-state index is -4.52. The molecule has 3 aromatic rings. The number of piperidine rings is 1. The number of rotatable bonds is 5. The van der Waals surface area contributed by atoms with Crippen LogP contribution in [0, 0.1) is 13.8 Å². The summed E-state index contributed by atoms with van der Waals surface area (Å²) < 4.78 is 56.5. The van der Waals surface area contributed by atoms with E-state index >= 15 is 0 Å². The molecular weight excluding hydrogens is 489 g/mol. The van der Waals surface area contributed by atoms with Gasteiger partial charge in [0.15, 0.2) is 5.75 Å². The number of halogens is 3. The monoisotopic (exact) mass is 514 g/mol. The van der Waals surface area contributed by atoms with Crippen molar-refractivity contribution in [2.24, 2.45) is 0 Å². The summed E-state index contributed by atoms with van der Waals surface area (Å²) >= 11 is 0. The molecule has 0 saturated carbocycles. The Kier molecular flexibility index (Phi) is 6.61. The van der Waals surface area contributed by atoms with E-state index in [1.807, 2.05) is 13.8 Å². The van der Waals surface area contributed by atoms with E-state index in [1.165, 1.54) is 18.5 Å². The Balaban J connectivity index is 1.24. The van der Waals surface area contributed by atoms with Gasteiger partial charge in [-0.05, 0) is 57.0 Å². The van der Waals surface area contributed by atoms with Gasteiger partial charge in [-0.15, -0.1) is 0 Å². The second kappa shape index (κ2) is 9.87. The molecule has 8 nitrogen and oxygen atoms in total. The number of fused-ring (bicyclic) bond motifs is 2. The van der Waals surface area contributed by atoms with Gasteiger partial charge in [-0.1, -0.05) is 6.07 Å². The van der Waals surface area contributed by atoms with Crippen LogP contribution in [0.4, 0.5) is 18.0 Å². The molecule has 2 atom stereocenters. The fourth-order valence-electron chi connectivity index (χ4n) is 4.89. The molecular formula is C26H25F3N4O4. The van der Waals surface area contributed by atoms with Gasteiger partial charge in [0.05, 0.1) is 16.8 Å². The second-order valence-electron chi connectivity index (χ2n) is 9.20. The largest absolute Gasteiger partial charge is 0.474 e. The Morgan fingerprint density at radius 3 is 2.43 bits per heavy atom. The number of amides is 1. The van der Waals surface area contributed by atoms with Crippen molar-refractivity contribution in [1.29, 1.82) is 0 Å². The molecule has 0 spiro atoms. The van der Waals surface area contributed by atoms with Gasteiger partial charge in [0.25, 0.3) is 0 Å². The van der Waals surface area contributed by atoms with Crippen molar-refractivity contribution in [3.8, 4) is 23.3 Å². The highest BCUT2D eigenvalue weighted by atomic mass is 19.4. The highest BCUT2D eigenvalue weighted by Gasteiger charge is 2.45. The number of ether oxygens (including phenoxy) is 3. The molecule has 2 aromatic heterocycles. The van der Waals surface area contributed by atoms with Gasteiger partial charge in [-0.3, -0.25) is 4.98 Å². The van der Waals surface area contributed by atoms with Crippen LogP contribution in [0.3, 0.4) is 0 Å². The first kappa shape index (κ1) is 24.8. The first-order valence-corrected chi connectivity index (χ1v) is 11.9. The molecule has 2 saturated heterocycles. The van der Waals surface area contributed by atoms with E-state index in [4.69, 9.17) is 14.2 Å².